The van der Waals surface area contributed by atoms with Gasteiger partial charge in [-0.05, 0) is 37.8 Å². The highest BCUT2D eigenvalue weighted by Gasteiger charge is 2.13. The van der Waals surface area contributed by atoms with Gasteiger partial charge < -0.3 is 20.6 Å². The van der Waals surface area contributed by atoms with Crippen LogP contribution in [0.5, 0.6) is 0 Å². The number of carbonyl (C=O) groups is 1. The quantitative estimate of drug-likeness (QED) is 0.737. The van der Waals surface area contributed by atoms with Gasteiger partial charge in [0.05, 0.1) is 0 Å². The summed E-state index contributed by atoms with van der Waals surface area (Å²) in [5.41, 5.74) is 0.975. The van der Waals surface area contributed by atoms with E-state index in [0.717, 1.165) is 24.5 Å². The lowest BCUT2D eigenvalue weighted by molar-refractivity contribution is 0.230. The lowest BCUT2D eigenvalue weighted by atomic mass is 10.2. The van der Waals surface area contributed by atoms with E-state index >= 15 is 0 Å². The number of pyridine rings is 1. The Morgan fingerprint density at radius 1 is 1.43 bits per heavy atom. The number of aliphatic hydroxyl groups is 1. The van der Waals surface area contributed by atoms with Crippen LogP contribution in [0.4, 0.5) is 10.6 Å². The largest absolute Gasteiger partial charge is 0.396 e. The molecule has 0 aromatic carbocycles. The molecule has 1 aromatic heterocycles. The zero-order valence-electron chi connectivity index (χ0n) is 12.5. The average Bonchev–Trinajstić information content (AvgIpc) is 3.00. The average molecular weight is 292 g/mol. The number of hydrogen-bond donors (Lipinski definition) is 3. The van der Waals surface area contributed by atoms with Crippen molar-refractivity contribution in [1.82, 2.24) is 15.6 Å². The number of nitrogens with zero attached hydrogens (tertiary/aromatic N) is 2. The summed E-state index contributed by atoms with van der Waals surface area (Å²) in [4.78, 5) is 18.4. The molecule has 3 N–H and O–H groups in total. The minimum Gasteiger partial charge on any atom is -0.396 e. The first-order valence-corrected chi connectivity index (χ1v) is 7.54. The molecule has 0 unspecified atom stereocenters. The second kappa shape index (κ2) is 7.83. The van der Waals surface area contributed by atoms with E-state index in [1.165, 1.54) is 12.8 Å². The van der Waals surface area contributed by atoms with Crippen LogP contribution < -0.4 is 15.5 Å². The van der Waals surface area contributed by atoms with Crippen LogP contribution in [0, 0.1) is 0 Å². The maximum Gasteiger partial charge on any atom is 0.315 e. The number of amides is 2. The second-order valence-electron chi connectivity index (χ2n) is 5.46. The molecule has 1 fully saturated rings. The van der Waals surface area contributed by atoms with Crippen molar-refractivity contribution < 1.29 is 9.90 Å². The van der Waals surface area contributed by atoms with Crippen LogP contribution in [0.1, 0.15) is 31.7 Å². The Morgan fingerprint density at radius 3 is 2.81 bits per heavy atom. The van der Waals surface area contributed by atoms with Crippen LogP contribution in [0.15, 0.2) is 18.3 Å². The fourth-order valence-corrected chi connectivity index (χ4v) is 2.38. The molecular formula is C15H24N4O2. The van der Waals surface area contributed by atoms with Gasteiger partial charge in [-0.2, -0.15) is 0 Å². The first-order valence-electron chi connectivity index (χ1n) is 7.54. The fourth-order valence-electron chi connectivity index (χ4n) is 2.38. The van der Waals surface area contributed by atoms with Crippen LogP contribution in [-0.2, 0) is 6.54 Å². The van der Waals surface area contributed by atoms with Crippen molar-refractivity contribution in [2.45, 2.75) is 38.8 Å². The number of aromatic nitrogens is 1. The molecule has 6 heteroatoms. The molecule has 2 heterocycles. The number of nitrogens with one attached hydrogen (secondary N) is 2. The molecular weight excluding hydrogens is 268 g/mol. The summed E-state index contributed by atoms with van der Waals surface area (Å²) in [7, 11) is 0. The van der Waals surface area contributed by atoms with Crippen LogP contribution in [-0.4, -0.2) is 41.9 Å². The number of hydrogen-bond acceptors (Lipinski definition) is 4. The summed E-state index contributed by atoms with van der Waals surface area (Å²) >= 11 is 0. The molecule has 1 aliphatic heterocycles. The predicted octanol–water partition coefficient (Wildman–Crippen LogP) is 1.25. The lowest BCUT2D eigenvalue weighted by Crippen LogP contribution is -2.40. The van der Waals surface area contributed by atoms with E-state index in [1.54, 1.807) is 0 Å². The monoisotopic (exact) mass is 292 g/mol. The highest BCUT2D eigenvalue weighted by Crippen LogP contribution is 2.17. The molecule has 0 aliphatic carbocycles. The van der Waals surface area contributed by atoms with E-state index in [-0.39, 0.29) is 18.7 Å². The van der Waals surface area contributed by atoms with Gasteiger partial charge >= 0.3 is 6.03 Å². The second-order valence-corrected chi connectivity index (χ2v) is 5.46. The Balaban J connectivity index is 1.76. The van der Waals surface area contributed by atoms with Crippen molar-refractivity contribution in [1.29, 1.82) is 0 Å². The van der Waals surface area contributed by atoms with Crippen molar-refractivity contribution in [3.8, 4) is 0 Å². The van der Waals surface area contributed by atoms with Crippen molar-refractivity contribution >= 4 is 11.8 Å². The summed E-state index contributed by atoms with van der Waals surface area (Å²) in [5, 5.41) is 14.3. The highest BCUT2D eigenvalue weighted by molar-refractivity contribution is 5.74. The Labute approximate surface area is 125 Å². The SMILES string of the molecule is C[C@H](CCO)NC(=O)NCc1ccc(N2CCCC2)nc1. The van der Waals surface area contributed by atoms with E-state index in [4.69, 9.17) is 5.11 Å². The predicted molar refractivity (Wildman–Crippen MR) is 82.2 cm³/mol. The molecule has 6 nitrogen and oxygen atoms in total. The molecule has 0 spiro atoms. The van der Waals surface area contributed by atoms with Crippen molar-refractivity contribution in [3.63, 3.8) is 0 Å². The summed E-state index contributed by atoms with van der Waals surface area (Å²) in [5.74, 6) is 1.01. The summed E-state index contributed by atoms with van der Waals surface area (Å²) in [6, 6.07) is 3.75. The Hall–Kier alpha value is -1.82. The van der Waals surface area contributed by atoms with Gasteiger partial charge in [-0.15, -0.1) is 0 Å². The number of carbonyl (C=O) groups excluding carboxylic acids is 1. The molecule has 0 bridgehead atoms. The molecule has 1 atom stereocenters. The normalized spacial score (nSPS) is 15.8. The number of anilines is 1. The molecule has 1 aliphatic rings. The summed E-state index contributed by atoms with van der Waals surface area (Å²) < 4.78 is 0. The molecule has 2 rings (SSSR count). The van der Waals surface area contributed by atoms with Crippen LogP contribution >= 0.6 is 0 Å². The van der Waals surface area contributed by atoms with Gasteiger partial charge in [0, 0.05) is 38.5 Å². The maximum atomic E-state index is 11.6. The van der Waals surface area contributed by atoms with E-state index < -0.39 is 0 Å². The fraction of sp³-hybridized carbons (Fsp3) is 0.600. The van der Waals surface area contributed by atoms with Gasteiger partial charge in [-0.25, -0.2) is 9.78 Å². The smallest absolute Gasteiger partial charge is 0.315 e. The van der Waals surface area contributed by atoms with Gasteiger partial charge in [-0.1, -0.05) is 6.07 Å². The zero-order valence-corrected chi connectivity index (χ0v) is 12.5. The first-order chi connectivity index (χ1) is 10.2. The van der Waals surface area contributed by atoms with Crippen LogP contribution in [0.25, 0.3) is 0 Å². The number of urea groups is 1. The maximum absolute atomic E-state index is 11.6. The summed E-state index contributed by atoms with van der Waals surface area (Å²) in [6.45, 7) is 4.54. The van der Waals surface area contributed by atoms with Crippen LogP contribution in [0.3, 0.4) is 0 Å². The minimum absolute atomic E-state index is 0.0364. The highest BCUT2D eigenvalue weighted by atomic mass is 16.3. The molecule has 1 saturated heterocycles. The van der Waals surface area contributed by atoms with E-state index in [1.807, 2.05) is 25.3 Å². The molecule has 21 heavy (non-hydrogen) atoms. The number of aliphatic hydroxyl groups excluding tert-OH is 1. The Kier molecular flexibility index (Phi) is 5.80. The molecule has 0 saturated carbocycles. The van der Waals surface area contributed by atoms with Gasteiger partial charge in [0.25, 0.3) is 0 Å². The third-order valence-corrected chi connectivity index (χ3v) is 3.63. The van der Waals surface area contributed by atoms with Crippen molar-refractivity contribution in [3.05, 3.63) is 23.9 Å². The zero-order chi connectivity index (χ0) is 15.1. The molecule has 116 valence electrons. The first kappa shape index (κ1) is 15.6. The number of rotatable bonds is 6. The Bertz CT molecular complexity index is 443. The van der Waals surface area contributed by atoms with Crippen molar-refractivity contribution in [2.24, 2.45) is 0 Å². The van der Waals surface area contributed by atoms with E-state index in [2.05, 4.69) is 20.5 Å². The van der Waals surface area contributed by atoms with Gasteiger partial charge in [0.1, 0.15) is 5.82 Å². The van der Waals surface area contributed by atoms with E-state index in [0.29, 0.717) is 13.0 Å². The minimum atomic E-state index is -0.223. The molecule has 0 radical (unpaired) electrons. The van der Waals surface area contributed by atoms with Crippen molar-refractivity contribution in [2.75, 3.05) is 24.6 Å². The van der Waals surface area contributed by atoms with Gasteiger partial charge in [0.15, 0.2) is 0 Å². The third kappa shape index (κ3) is 4.90. The lowest BCUT2D eigenvalue weighted by Gasteiger charge is -2.16. The third-order valence-electron chi connectivity index (χ3n) is 3.63. The Morgan fingerprint density at radius 2 is 2.19 bits per heavy atom. The standard InChI is InChI=1S/C15H24N4O2/c1-12(6-9-20)18-15(21)17-11-13-4-5-14(16-10-13)19-7-2-3-8-19/h4-5,10,12,20H,2-3,6-9,11H2,1H3,(H2,17,18,21)/t12-/m1/s1. The van der Waals surface area contributed by atoms with Crippen LogP contribution in [0.2, 0.25) is 0 Å². The van der Waals surface area contributed by atoms with Gasteiger partial charge in [-0.3, -0.25) is 0 Å². The topological polar surface area (TPSA) is 77.5 Å². The summed E-state index contributed by atoms with van der Waals surface area (Å²) in [6.07, 6.45) is 4.83. The van der Waals surface area contributed by atoms with E-state index in [9.17, 15) is 4.79 Å². The molecule has 1 aromatic rings. The molecule has 2 amide bonds. The van der Waals surface area contributed by atoms with Gasteiger partial charge in [0.2, 0.25) is 0 Å².